The molecular formula is C33H38F6N4O3. The number of carbonyl (C=O) groups is 3. The number of anilines is 1. The van der Waals surface area contributed by atoms with Crippen LogP contribution in [0, 0.1) is 11.8 Å². The average molecular weight is 653 g/mol. The maximum absolute atomic E-state index is 13.8. The second-order valence-electron chi connectivity index (χ2n) is 11.8. The Bertz CT molecular complexity index is 1390. The van der Waals surface area contributed by atoms with Crippen molar-refractivity contribution in [1.82, 2.24) is 10.2 Å². The number of piperidine rings is 1. The lowest BCUT2D eigenvalue weighted by Gasteiger charge is -2.30. The quantitative estimate of drug-likeness (QED) is 0.273. The highest BCUT2D eigenvalue weighted by atomic mass is 19.4. The van der Waals surface area contributed by atoms with Gasteiger partial charge in [0.1, 0.15) is 5.78 Å². The Hall–Kier alpha value is -3.74. The van der Waals surface area contributed by atoms with Crippen molar-refractivity contribution in [2.45, 2.75) is 69.9 Å². The van der Waals surface area contributed by atoms with Crippen molar-refractivity contribution >= 4 is 29.0 Å². The first kappa shape index (κ1) is 35.1. The van der Waals surface area contributed by atoms with Gasteiger partial charge in [-0.2, -0.15) is 26.3 Å². The van der Waals surface area contributed by atoms with Gasteiger partial charge < -0.3 is 15.1 Å². The number of rotatable bonds is 12. The molecule has 2 aromatic rings. The summed E-state index contributed by atoms with van der Waals surface area (Å²) in [6.45, 7) is 1.66. The summed E-state index contributed by atoms with van der Waals surface area (Å²) in [5.41, 5.74) is 1.96. The summed E-state index contributed by atoms with van der Waals surface area (Å²) in [6, 6.07) is 15.6. The van der Waals surface area contributed by atoms with Gasteiger partial charge in [-0.15, -0.1) is 0 Å². The maximum Gasteiger partial charge on any atom is 0.389 e. The number of hydrogen-bond acceptors (Lipinski definition) is 5. The number of ketones is 1. The number of aliphatic imine (C=N–C) groups is 1. The minimum atomic E-state index is -4.73. The van der Waals surface area contributed by atoms with Gasteiger partial charge in [0.25, 0.3) is 5.91 Å². The highest BCUT2D eigenvalue weighted by molar-refractivity contribution is 6.20. The molecular weight excluding hydrogens is 614 g/mol. The number of benzodiazepines with no additional fused rings is 1. The number of amides is 2. The van der Waals surface area contributed by atoms with Gasteiger partial charge in [0.15, 0.2) is 0 Å². The van der Waals surface area contributed by atoms with Gasteiger partial charge in [-0.3, -0.25) is 14.4 Å². The predicted molar refractivity (Wildman–Crippen MR) is 161 cm³/mol. The van der Waals surface area contributed by atoms with E-state index in [1.165, 1.54) is 11.9 Å². The number of fused-ring (bicyclic) bond motifs is 1. The van der Waals surface area contributed by atoms with Crippen LogP contribution in [0.15, 0.2) is 59.6 Å². The Morgan fingerprint density at radius 1 is 0.870 bits per heavy atom. The molecule has 0 bridgehead atoms. The largest absolute Gasteiger partial charge is 0.389 e. The Labute approximate surface area is 264 Å². The summed E-state index contributed by atoms with van der Waals surface area (Å²) in [6.07, 6.45) is -13.1. The molecule has 1 fully saturated rings. The summed E-state index contributed by atoms with van der Waals surface area (Å²) in [7, 11) is 1.46. The standard InChI is InChI=1S/C33H38F6N4O3/c1-42-26-13-7-6-12-25(26)28(22-10-4-2-5-11-22)40-29(31(42)46)41-30(45)24(15-18-33(37,38)39)23(14-17-32(34,35)36)27(44)16-21-43-19-8-3-9-20-43/h2,4-7,10-13,23-24,29H,3,8-9,14-21H2,1H3,(H,41,45)/t23-,24+,29+/m0/s1. The minimum absolute atomic E-state index is 0.199. The Balaban J connectivity index is 1.67. The fourth-order valence-corrected chi connectivity index (χ4v) is 6.06. The number of nitrogens with one attached hydrogen (secondary N) is 1. The topological polar surface area (TPSA) is 82.1 Å². The summed E-state index contributed by atoms with van der Waals surface area (Å²) < 4.78 is 80.4. The Kier molecular flexibility index (Phi) is 11.6. The fourth-order valence-electron chi connectivity index (χ4n) is 6.06. The van der Waals surface area contributed by atoms with Crippen LogP contribution in [0.25, 0.3) is 0 Å². The van der Waals surface area contributed by atoms with E-state index in [1.54, 1.807) is 54.6 Å². The van der Waals surface area contributed by atoms with Gasteiger partial charge in [0, 0.05) is 55.8 Å². The van der Waals surface area contributed by atoms with Crippen molar-refractivity contribution in [3.63, 3.8) is 0 Å². The molecule has 0 aliphatic carbocycles. The Morgan fingerprint density at radius 2 is 1.46 bits per heavy atom. The van der Waals surface area contributed by atoms with E-state index in [9.17, 15) is 40.7 Å². The minimum Gasteiger partial charge on any atom is -0.326 e. The lowest BCUT2D eigenvalue weighted by Crippen LogP contribution is -2.49. The first-order valence-corrected chi connectivity index (χ1v) is 15.4. The van der Waals surface area contributed by atoms with Crippen molar-refractivity contribution in [1.29, 1.82) is 0 Å². The third kappa shape index (κ3) is 9.63. The zero-order valence-corrected chi connectivity index (χ0v) is 25.5. The van der Waals surface area contributed by atoms with E-state index < -0.39 is 73.6 Å². The molecule has 2 aromatic carbocycles. The van der Waals surface area contributed by atoms with E-state index >= 15 is 0 Å². The van der Waals surface area contributed by atoms with Crippen molar-refractivity contribution in [3.8, 4) is 0 Å². The Morgan fingerprint density at radius 3 is 2.09 bits per heavy atom. The second-order valence-corrected chi connectivity index (χ2v) is 11.8. The molecule has 0 unspecified atom stereocenters. The number of nitrogens with zero attached hydrogens (tertiary/aromatic N) is 3. The van der Waals surface area contributed by atoms with E-state index in [4.69, 9.17) is 0 Å². The smallest absolute Gasteiger partial charge is 0.326 e. The highest BCUT2D eigenvalue weighted by Gasteiger charge is 2.41. The number of hydrogen-bond donors (Lipinski definition) is 1. The molecule has 1 saturated heterocycles. The van der Waals surface area contributed by atoms with E-state index in [2.05, 4.69) is 10.3 Å². The van der Waals surface area contributed by atoms with Gasteiger partial charge in [-0.1, -0.05) is 55.0 Å². The molecule has 4 rings (SSSR count). The summed E-state index contributed by atoms with van der Waals surface area (Å²) in [5, 5.41) is 2.42. The summed E-state index contributed by atoms with van der Waals surface area (Å²) >= 11 is 0. The number of Topliss-reactive ketones (excluding diaryl/α,β-unsaturated/α-hetero) is 1. The van der Waals surface area contributed by atoms with Crippen LogP contribution >= 0.6 is 0 Å². The van der Waals surface area contributed by atoms with Crippen LogP contribution < -0.4 is 10.2 Å². The van der Waals surface area contributed by atoms with Gasteiger partial charge in [-0.25, -0.2) is 4.99 Å². The van der Waals surface area contributed by atoms with Gasteiger partial charge in [0.05, 0.1) is 11.4 Å². The lowest BCUT2D eigenvalue weighted by atomic mass is 9.80. The van der Waals surface area contributed by atoms with Crippen molar-refractivity contribution in [2.24, 2.45) is 16.8 Å². The lowest BCUT2D eigenvalue weighted by molar-refractivity contribution is -0.152. The van der Waals surface area contributed by atoms with Crippen LogP contribution in [-0.2, 0) is 14.4 Å². The monoisotopic (exact) mass is 652 g/mol. The van der Waals surface area contributed by atoms with Crippen LogP contribution in [0.5, 0.6) is 0 Å². The number of halogens is 6. The zero-order chi connectivity index (χ0) is 33.5. The molecule has 0 saturated carbocycles. The van der Waals surface area contributed by atoms with Crippen molar-refractivity contribution < 1.29 is 40.7 Å². The summed E-state index contributed by atoms with van der Waals surface area (Å²) in [4.78, 5) is 48.7. The number of carbonyl (C=O) groups excluding carboxylic acids is 3. The maximum atomic E-state index is 13.8. The van der Waals surface area contributed by atoms with Gasteiger partial charge >= 0.3 is 12.4 Å². The molecule has 0 radical (unpaired) electrons. The van der Waals surface area contributed by atoms with E-state index in [-0.39, 0.29) is 13.0 Å². The molecule has 250 valence electrons. The predicted octanol–water partition coefficient (Wildman–Crippen LogP) is 6.31. The summed E-state index contributed by atoms with van der Waals surface area (Å²) in [5.74, 6) is -5.94. The van der Waals surface area contributed by atoms with E-state index in [1.807, 2.05) is 4.90 Å². The molecule has 13 heteroatoms. The molecule has 0 aromatic heterocycles. The van der Waals surface area contributed by atoms with Crippen LogP contribution in [-0.4, -0.2) is 73.4 Å². The molecule has 2 aliphatic rings. The molecule has 7 nitrogen and oxygen atoms in total. The SMILES string of the molecule is CN1C(=O)[C@@H](NC(=O)[C@H](CCC(F)(F)F)[C@H](CCC(F)(F)F)C(=O)CCN2CCCCC2)N=C(c2ccccc2)c2ccccc21. The number of likely N-dealkylation sites (tertiary alicyclic amines) is 1. The number of alkyl halides is 6. The normalized spacial score (nSPS) is 19.1. The third-order valence-electron chi connectivity index (χ3n) is 8.51. The number of likely N-dealkylation sites (N-methyl/N-ethyl adjacent to an activating group) is 1. The van der Waals surface area contributed by atoms with Crippen LogP contribution in [0.4, 0.5) is 32.0 Å². The highest BCUT2D eigenvalue weighted by Crippen LogP contribution is 2.34. The first-order chi connectivity index (χ1) is 21.7. The first-order valence-electron chi connectivity index (χ1n) is 15.4. The molecule has 2 amide bonds. The molecule has 2 heterocycles. The molecule has 2 aliphatic heterocycles. The zero-order valence-electron chi connectivity index (χ0n) is 25.5. The third-order valence-corrected chi connectivity index (χ3v) is 8.51. The molecule has 3 atom stereocenters. The molecule has 1 N–H and O–H groups in total. The van der Waals surface area contributed by atoms with E-state index in [0.717, 1.165) is 19.3 Å². The van der Waals surface area contributed by atoms with Crippen LogP contribution in [0.3, 0.4) is 0 Å². The number of benzene rings is 2. The van der Waals surface area contributed by atoms with E-state index in [0.29, 0.717) is 35.6 Å². The van der Waals surface area contributed by atoms with Crippen molar-refractivity contribution in [2.75, 3.05) is 31.6 Å². The fraction of sp³-hybridized carbons (Fsp3) is 0.515. The van der Waals surface area contributed by atoms with Crippen molar-refractivity contribution in [3.05, 3.63) is 65.7 Å². The average Bonchev–Trinajstić information content (AvgIpc) is 3.12. The van der Waals surface area contributed by atoms with Crippen LogP contribution in [0.2, 0.25) is 0 Å². The molecule has 0 spiro atoms. The number of para-hydroxylation sites is 1. The van der Waals surface area contributed by atoms with Gasteiger partial charge in [-0.05, 0) is 44.8 Å². The molecule has 46 heavy (non-hydrogen) atoms. The van der Waals surface area contributed by atoms with Crippen LogP contribution in [0.1, 0.15) is 62.5 Å². The van der Waals surface area contributed by atoms with Gasteiger partial charge in [0.2, 0.25) is 12.1 Å². The second kappa shape index (κ2) is 15.2.